The molecule has 0 saturated heterocycles. The summed E-state index contributed by atoms with van der Waals surface area (Å²) in [5.41, 5.74) is 0.686. The Balaban J connectivity index is 1.96. The van der Waals surface area contributed by atoms with Gasteiger partial charge in [0.05, 0.1) is 6.33 Å². The van der Waals surface area contributed by atoms with Crippen molar-refractivity contribution in [3.8, 4) is 0 Å². The Kier molecular flexibility index (Phi) is 4.60. The van der Waals surface area contributed by atoms with E-state index in [0.717, 1.165) is 19.3 Å². The van der Waals surface area contributed by atoms with Crippen LogP contribution >= 0.6 is 0 Å². The van der Waals surface area contributed by atoms with Gasteiger partial charge in [-0.1, -0.05) is 6.92 Å². The Hall–Kier alpha value is -2.05. The van der Waals surface area contributed by atoms with Crippen LogP contribution in [0.3, 0.4) is 0 Å². The zero-order chi connectivity index (χ0) is 14.5. The van der Waals surface area contributed by atoms with Crippen LogP contribution in [0.1, 0.15) is 31.9 Å². The standard InChI is InChI=1S/C13H20N4O3/c1-2-5-17(10-3-4-10)13(20)16-11(12(18)19)6-9-7-14-8-15-9/h7-8,10-11H,2-6H2,1H3,(H,14,15)(H,16,20)(H,18,19)/t11-/m1/s1. The SMILES string of the molecule is CCCN(C(=O)N[C@H](Cc1cnc[nH]1)C(=O)O)C1CC1. The first kappa shape index (κ1) is 14.4. The van der Waals surface area contributed by atoms with Crippen LogP contribution in [-0.4, -0.2) is 50.6 Å². The van der Waals surface area contributed by atoms with Crippen LogP contribution in [0.5, 0.6) is 0 Å². The minimum absolute atomic E-state index is 0.200. The Morgan fingerprint density at radius 1 is 1.60 bits per heavy atom. The molecular weight excluding hydrogens is 260 g/mol. The highest BCUT2D eigenvalue weighted by atomic mass is 16.4. The lowest BCUT2D eigenvalue weighted by atomic mass is 10.1. The maximum absolute atomic E-state index is 12.2. The molecule has 0 spiro atoms. The molecule has 2 amide bonds. The van der Waals surface area contributed by atoms with Gasteiger partial charge in [-0.15, -0.1) is 0 Å². The van der Waals surface area contributed by atoms with Gasteiger partial charge in [-0.05, 0) is 19.3 Å². The third-order valence-corrected chi connectivity index (χ3v) is 3.29. The molecule has 1 aliphatic carbocycles. The minimum Gasteiger partial charge on any atom is -0.480 e. The maximum atomic E-state index is 12.2. The molecule has 1 atom stereocenters. The number of carbonyl (C=O) groups is 2. The molecule has 3 N–H and O–H groups in total. The highest BCUT2D eigenvalue weighted by Crippen LogP contribution is 2.27. The van der Waals surface area contributed by atoms with E-state index in [9.17, 15) is 14.7 Å². The van der Waals surface area contributed by atoms with Gasteiger partial charge in [-0.3, -0.25) is 0 Å². The van der Waals surface area contributed by atoms with Crippen LogP contribution in [0.2, 0.25) is 0 Å². The van der Waals surface area contributed by atoms with E-state index < -0.39 is 12.0 Å². The van der Waals surface area contributed by atoms with Gasteiger partial charge < -0.3 is 20.3 Å². The van der Waals surface area contributed by atoms with E-state index in [-0.39, 0.29) is 18.5 Å². The molecule has 0 aliphatic heterocycles. The van der Waals surface area contributed by atoms with Crippen LogP contribution in [0.4, 0.5) is 4.79 Å². The number of imidazole rings is 1. The van der Waals surface area contributed by atoms with Crippen molar-refractivity contribution in [3.63, 3.8) is 0 Å². The van der Waals surface area contributed by atoms with Crippen molar-refractivity contribution in [2.45, 2.75) is 44.7 Å². The average molecular weight is 280 g/mol. The largest absolute Gasteiger partial charge is 0.480 e. The number of nitrogens with one attached hydrogen (secondary N) is 2. The molecule has 0 unspecified atom stereocenters. The number of urea groups is 1. The number of hydrogen-bond acceptors (Lipinski definition) is 3. The van der Waals surface area contributed by atoms with Gasteiger partial charge in [-0.2, -0.15) is 0 Å². The number of aliphatic carboxylic acids is 1. The summed E-state index contributed by atoms with van der Waals surface area (Å²) >= 11 is 0. The molecule has 0 aromatic carbocycles. The molecule has 0 radical (unpaired) electrons. The van der Waals surface area contributed by atoms with Crippen LogP contribution in [0.15, 0.2) is 12.5 Å². The molecule has 110 valence electrons. The number of rotatable bonds is 7. The van der Waals surface area contributed by atoms with E-state index in [2.05, 4.69) is 15.3 Å². The van der Waals surface area contributed by atoms with Gasteiger partial charge in [0, 0.05) is 30.9 Å². The molecule has 20 heavy (non-hydrogen) atoms. The van der Waals surface area contributed by atoms with E-state index >= 15 is 0 Å². The summed E-state index contributed by atoms with van der Waals surface area (Å²) in [4.78, 5) is 31.9. The number of aromatic amines is 1. The summed E-state index contributed by atoms with van der Waals surface area (Å²) in [6, 6.07) is -0.959. The van der Waals surface area contributed by atoms with Crippen molar-refractivity contribution in [3.05, 3.63) is 18.2 Å². The van der Waals surface area contributed by atoms with Gasteiger partial charge in [0.2, 0.25) is 0 Å². The molecule has 7 nitrogen and oxygen atoms in total. The first-order valence-electron chi connectivity index (χ1n) is 6.89. The number of amides is 2. The highest BCUT2D eigenvalue weighted by Gasteiger charge is 2.33. The van der Waals surface area contributed by atoms with Crippen LogP contribution in [0, 0.1) is 0 Å². The van der Waals surface area contributed by atoms with Crippen molar-refractivity contribution >= 4 is 12.0 Å². The Bertz CT molecular complexity index is 456. The fourth-order valence-corrected chi connectivity index (χ4v) is 2.13. The second kappa shape index (κ2) is 6.40. The topological polar surface area (TPSA) is 98.3 Å². The van der Waals surface area contributed by atoms with Gasteiger partial charge in [0.1, 0.15) is 6.04 Å². The number of nitrogens with zero attached hydrogens (tertiary/aromatic N) is 2. The number of aromatic nitrogens is 2. The predicted molar refractivity (Wildman–Crippen MR) is 72.3 cm³/mol. The summed E-state index contributed by atoms with van der Waals surface area (Å²) < 4.78 is 0. The molecular formula is C13H20N4O3. The normalized spacial score (nSPS) is 15.7. The molecule has 1 heterocycles. The molecule has 1 fully saturated rings. The second-order valence-electron chi connectivity index (χ2n) is 5.05. The van der Waals surface area contributed by atoms with Gasteiger partial charge in [0.15, 0.2) is 0 Å². The zero-order valence-corrected chi connectivity index (χ0v) is 11.5. The number of hydrogen-bond donors (Lipinski definition) is 3. The first-order chi connectivity index (χ1) is 9.61. The summed E-state index contributed by atoms with van der Waals surface area (Å²) in [7, 11) is 0. The number of carboxylic acids is 1. The Morgan fingerprint density at radius 2 is 2.35 bits per heavy atom. The van der Waals surface area contributed by atoms with Crippen LogP contribution in [-0.2, 0) is 11.2 Å². The third kappa shape index (κ3) is 3.72. The molecule has 1 aromatic heterocycles. The smallest absolute Gasteiger partial charge is 0.326 e. The third-order valence-electron chi connectivity index (χ3n) is 3.29. The van der Waals surface area contributed by atoms with E-state index in [1.54, 1.807) is 11.1 Å². The zero-order valence-electron chi connectivity index (χ0n) is 11.5. The van der Waals surface area contributed by atoms with Gasteiger partial charge in [0.25, 0.3) is 0 Å². The van der Waals surface area contributed by atoms with E-state index in [1.165, 1.54) is 6.33 Å². The van der Waals surface area contributed by atoms with E-state index in [4.69, 9.17) is 0 Å². The van der Waals surface area contributed by atoms with Crippen molar-refractivity contribution in [1.29, 1.82) is 0 Å². The van der Waals surface area contributed by atoms with Gasteiger partial charge in [-0.25, -0.2) is 14.6 Å². The monoisotopic (exact) mass is 280 g/mol. The molecule has 7 heteroatoms. The molecule has 0 bridgehead atoms. The molecule has 1 aromatic rings. The second-order valence-corrected chi connectivity index (χ2v) is 5.05. The predicted octanol–water partition coefficient (Wildman–Crippen LogP) is 0.989. The summed E-state index contributed by atoms with van der Waals surface area (Å²) in [5, 5.41) is 11.8. The van der Waals surface area contributed by atoms with E-state index in [0.29, 0.717) is 12.2 Å². The lowest BCUT2D eigenvalue weighted by Gasteiger charge is -2.24. The number of carboxylic acid groups (broad SMARTS) is 1. The van der Waals surface area contributed by atoms with Crippen molar-refractivity contribution < 1.29 is 14.7 Å². The number of H-pyrrole nitrogens is 1. The van der Waals surface area contributed by atoms with Crippen molar-refractivity contribution in [2.75, 3.05) is 6.54 Å². The molecule has 1 aliphatic rings. The summed E-state index contributed by atoms with van der Waals surface area (Å²) in [6.45, 7) is 2.66. The van der Waals surface area contributed by atoms with E-state index in [1.807, 2.05) is 6.92 Å². The fourth-order valence-electron chi connectivity index (χ4n) is 2.13. The first-order valence-corrected chi connectivity index (χ1v) is 6.89. The lowest BCUT2D eigenvalue weighted by molar-refractivity contribution is -0.139. The summed E-state index contributed by atoms with van der Waals surface area (Å²) in [6.07, 6.45) is 6.13. The quantitative estimate of drug-likeness (QED) is 0.693. The van der Waals surface area contributed by atoms with Crippen LogP contribution in [0.25, 0.3) is 0 Å². The Morgan fingerprint density at radius 3 is 2.85 bits per heavy atom. The van der Waals surface area contributed by atoms with Crippen molar-refractivity contribution in [1.82, 2.24) is 20.2 Å². The molecule has 1 saturated carbocycles. The van der Waals surface area contributed by atoms with Crippen LogP contribution < -0.4 is 5.32 Å². The minimum atomic E-state index is -1.04. The fraction of sp³-hybridized carbons (Fsp3) is 0.615. The highest BCUT2D eigenvalue weighted by molar-refractivity contribution is 5.83. The summed E-state index contributed by atoms with van der Waals surface area (Å²) in [5.74, 6) is -1.04. The lowest BCUT2D eigenvalue weighted by Crippen LogP contribution is -2.49. The maximum Gasteiger partial charge on any atom is 0.326 e. The Labute approximate surface area is 117 Å². The average Bonchev–Trinajstić information content (AvgIpc) is 3.12. The number of carbonyl (C=O) groups excluding carboxylic acids is 1. The van der Waals surface area contributed by atoms with Gasteiger partial charge >= 0.3 is 12.0 Å². The molecule has 2 rings (SSSR count). The van der Waals surface area contributed by atoms with Crippen molar-refractivity contribution in [2.24, 2.45) is 0 Å².